The molecule has 35 heavy (non-hydrogen) atoms. The number of aliphatic imine (C=N–C) groups is 1. The zero-order valence-electron chi connectivity index (χ0n) is 23.0. The number of unbranched alkanes of at least 4 members (excludes halogenated alkanes) is 5. The number of rotatable bonds is 20. The van der Waals surface area contributed by atoms with Gasteiger partial charge in [0.2, 0.25) is 0 Å². The molecule has 9 heteroatoms. The summed E-state index contributed by atoms with van der Waals surface area (Å²) >= 11 is 0. The Morgan fingerprint density at radius 3 is 1.86 bits per heavy atom. The van der Waals surface area contributed by atoms with Gasteiger partial charge in [0.05, 0.1) is 6.34 Å². The first-order valence-corrected chi connectivity index (χ1v) is 14.0. The number of hydrogen-bond donors (Lipinski definition) is 8. The van der Waals surface area contributed by atoms with Gasteiger partial charge in [-0.2, -0.15) is 0 Å². The Morgan fingerprint density at radius 1 is 0.743 bits per heavy atom. The van der Waals surface area contributed by atoms with Gasteiger partial charge in [-0.15, -0.1) is 0 Å². The fourth-order valence-corrected chi connectivity index (χ4v) is 3.78. The first-order chi connectivity index (χ1) is 17.0. The first-order valence-electron chi connectivity index (χ1n) is 14.0. The second kappa shape index (κ2) is 23.4. The van der Waals surface area contributed by atoms with Crippen LogP contribution in [0.3, 0.4) is 0 Å². The van der Waals surface area contributed by atoms with Gasteiger partial charge in [0, 0.05) is 26.2 Å². The molecule has 0 radical (unpaired) electrons. The fourth-order valence-electron chi connectivity index (χ4n) is 3.78. The molecule has 2 unspecified atom stereocenters. The van der Waals surface area contributed by atoms with Crippen LogP contribution in [0, 0.1) is 28.1 Å². The summed E-state index contributed by atoms with van der Waals surface area (Å²) in [7, 11) is 0. The Balaban J connectivity index is 4.49. The Morgan fingerprint density at radius 2 is 1.31 bits per heavy atom. The maximum atomic E-state index is 8.33. The van der Waals surface area contributed by atoms with Crippen LogP contribution < -0.4 is 26.6 Å². The van der Waals surface area contributed by atoms with E-state index in [1.165, 1.54) is 38.5 Å². The molecule has 0 bridgehead atoms. The number of hydrogen-bond acceptors (Lipinski definition) is 4. The molecular weight excluding hydrogens is 438 g/mol. The predicted octanol–water partition coefficient (Wildman–Crippen LogP) is 4.76. The molecule has 0 saturated carbocycles. The van der Waals surface area contributed by atoms with Crippen LogP contribution in [0.2, 0.25) is 0 Å². The smallest absolute Gasteiger partial charge is 0.198 e. The van der Waals surface area contributed by atoms with Crippen LogP contribution in [-0.4, -0.2) is 50.4 Å². The molecule has 0 aromatic rings. The Bertz CT molecular complexity index is 577. The third-order valence-electron chi connectivity index (χ3n) is 6.32. The van der Waals surface area contributed by atoms with Gasteiger partial charge in [-0.1, -0.05) is 79.1 Å². The van der Waals surface area contributed by atoms with Crippen LogP contribution in [0.1, 0.15) is 105 Å². The van der Waals surface area contributed by atoms with Gasteiger partial charge in [0.1, 0.15) is 0 Å². The highest BCUT2D eigenvalue weighted by molar-refractivity contribution is 5.97. The monoisotopic (exact) mass is 493 g/mol. The van der Waals surface area contributed by atoms with Crippen molar-refractivity contribution in [1.82, 2.24) is 26.6 Å². The summed E-state index contributed by atoms with van der Waals surface area (Å²) < 4.78 is 0. The lowest BCUT2D eigenvalue weighted by molar-refractivity contribution is 0.441. The van der Waals surface area contributed by atoms with Gasteiger partial charge in [-0.25, -0.2) is 0 Å². The van der Waals surface area contributed by atoms with E-state index in [9.17, 15) is 0 Å². The van der Waals surface area contributed by atoms with E-state index in [0.717, 1.165) is 77.0 Å². The predicted molar refractivity (Wildman–Crippen MR) is 152 cm³/mol. The fraction of sp³-hybridized carbons (Fsp3) is 0.846. The quantitative estimate of drug-likeness (QED) is 0.0700. The molecule has 0 aliphatic carbocycles. The van der Waals surface area contributed by atoms with E-state index in [2.05, 4.69) is 54.3 Å². The van der Waals surface area contributed by atoms with E-state index >= 15 is 0 Å². The SMILES string of the molecule is CCCCC(CC)CN=C(NCC(CC)CCCC)NC(=N)NCCCCCCNC(=N)NC=N. The highest BCUT2D eigenvalue weighted by Crippen LogP contribution is 2.13. The average molecular weight is 494 g/mol. The summed E-state index contributed by atoms with van der Waals surface area (Å²) in [6.07, 6.45) is 14.8. The van der Waals surface area contributed by atoms with Crippen molar-refractivity contribution in [3.63, 3.8) is 0 Å². The summed E-state index contributed by atoms with van der Waals surface area (Å²) in [5, 5.41) is 38.0. The first kappa shape index (κ1) is 32.7. The Labute approximate surface area is 215 Å². The standard InChI is InChI=1S/C26H55N9/c1-5-9-15-22(7-3)19-32-26(33-20-23(8-4)16-10-6-2)35-25(29)31-18-14-12-11-13-17-30-24(28)34-21-27/h21-23H,5-20H2,1-4H3,(H4,27,28,30,34)(H4,29,31,32,33,35). The number of nitrogens with one attached hydrogen (secondary N) is 8. The second-order valence-electron chi connectivity index (χ2n) is 9.33. The van der Waals surface area contributed by atoms with Crippen molar-refractivity contribution in [3.8, 4) is 0 Å². The minimum Gasteiger partial charge on any atom is -0.356 e. The van der Waals surface area contributed by atoms with Crippen molar-refractivity contribution < 1.29 is 0 Å². The van der Waals surface area contributed by atoms with Crippen molar-refractivity contribution in [2.75, 3.05) is 26.2 Å². The van der Waals surface area contributed by atoms with Crippen molar-refractivity contribution in [3.05, 3.63) is 0 Å². The highest BCUT2D eigenvalue weighted by atomic mass is 15.3. The van der Waals surface area contributed by atoms with E-state index in [1.807, 2.05) is 0 Å². The molecule has 8 N–H and O–H groups in total. The summed E-state index contributed by atoms with van der Waals surface area (Å²) in [6, 6.07) is 0. The molecular formula is C26H55N9. The highest BCUT2D eigenvalue weighted by Gasteiger charge is 2.10. The third-order valence-corrected chi connectivity index (χ3v) is 6.32. The van der Waals surface area contributed by atoms with Crippen molar-refractivity contribution in [2.24, 2.45) is 16.8 Å². The number of nitrogens with zero attached hydrogens (tertiary/aromatic N) is 1. The second-order valence-corrected chi connectivity index (χ2v) is 9.33. The lowest BCUT2D eigenvalue weighted by Gasteiger charge is -2.20. The molecule has 0 aromatic carbocycles. The molecule has 0 heterocycles. The van der Waals surface area contributed by atoms with Gasteiger partial charge in [-0.3, -0.25) is 26.5 Å². The van der Waals surface area contributed by atoms with Crippen LogP contribution >= 0.6 is 0 Å². The summed E-state index contributed by atoms with van der Waals surface area (Å²) in [5.74, 6) is 2.41. The molecule has 9 nitrogen and oxygen atoms in total. The minimum atomic E-state index is 0.165. The van der Waals surface area contributed by atoms with Crippen LogP contribution in [0.4, 0.5) is 0 Å². The van der Waals surface area contributed by atoms with Gasteiger partial charge in [-0.05, 0) is 37.5 Å². The molecule has 0 saturated heterocycles. The van der Waals surface area contributed by atoms with Crippen LogP contribution in [0.25, 0.3) is 0 Å². The van der Waals surface area contributed by atoms with E-state index < -0.39 is 0 Å². The molecule has 0 rings (SSSR count). The maximum Gasteiger partial charge on any atom is 0.198 e. The zero-order chi connectivity index (χ0) is 26.2. The summed E-state index contributed by atoms with van der Waals surface area (Å²) in [4.78, 5) is 4.85. The van der Waals surface area contributed by atoms with Crippen LogP contribution in [0.15, 0.2) is 4.99 Å². The van der Waals surface area contributed by atoms with Gasteiger partial charge in [0.25, 0.3) is 0 Å². The Kier molecular flexibility index (Phi) is 21.9. The molecule has 0 amide bonds. The molecule has 0 spiro atoms. The van der Waals surface area contributed by atoms with Crippen LogP contribution in [-0.2, 0) is 0 Å². The van der Waals surface area contributed by atoms with Crippen molar-refractivity contribution in [2.45, 2.75) is 105 Å². The molecule has 0 aliphatic rings. The molecule has 0 fully saturated rings. The van der Waals surface area contributed by atoms with Crippen molar-refractivity contribution >= 4 is 24.2 Å². The number of guanidine groups is 3. The minimum absolute atomic E-state index is 0.165. The molecule has 2 atom stereocenters. The lowest BCUT2D eigenvalue weighted by Crippen LogP contribution is -2.48. The van der Waals surface area contributed by atoms with E-state index in [4.69, 9.17) is 21.2 Å². The normalized spacial score (nSPS) is 13.0. The summed E-state index contributed by atoms with van der Waals surface area (Å²) in [5.41, 5.74) is 0. The molecule has 0 aromatic heterocycles. The lowest BCUT2D eigenvalue weighted by atomic mass is 9.99. The topological polar surface area (TPSA) is 144 Å². The third kappa shape index (κ3) is 19.7. The van der Waals surface area contributed by atoms with E-state index in [0.29, 0.717) is 17.8 Å². The van der Waals surface area contributed by atoms with Crippen molar-refractivity contribution in [1.29, 1.82) is 16.2 Å². The largest absolute Gasteiger partial charge is 0.356 e. The van der Waals surface area contributed by atoms with Gasteiger partial charge in [0.15, 0.2) is 17.9 Å². The zero-order valence-corrected chi connectivity index (χ0v) is 23.0. The van der Waals surface area contributed by atoms with E-state index in [-0.39, 0.29) is 5.96 Å². The molecule has 0 aliphatic heterocycles. The Hall–Kier alpha value is -2.32. The van der Waals surface area contributed by atoms with Gasteiger partial charge >= 0.3 is 0 Å². The maximum absolute atomic E-state index is 8.33. The summed E-state index contributed by atoms with van der Waals surface area (Å²) in [6.45, 7) is 12.1. The van der Waals surface area contributed by atoms with Crippen LogP contribution in [0.5, 0.6) is 0 Å². The van der Waals surface area contributed by atoms with Gasteiger partial charge < -0.3 is 21.3 Å². The van der Waals surface area contributed by atoms with E-state index in [1.54, 1.807) is 0 Å². The average Bonchev–Trinajstić information content (AvgIpc) is 2.85. The molecule has 204 valence electrons.